The molecule has 11 heteroatoms. The van der Waals surface area contributed by atoms with Crippen LogP contribution in [0.4, 0.5) is 11.4 Å². The van der Waals surface area contributed by atoms with E-state index >= 15 is 0 Å². The first-order chi connectivity index (χ1) is 17.1. The molecule has 3 aromatic rings. The maximum Gasteiger partial charge on any atom is 0.269 e. The Bertz CT molecular complexity index is 1540. The Hall–Kier alpha value is -2.89. The van der Waals surface area contributed by atoms with Crippen molar-refractivity contribution in [2.24, 2.45) is 5.92 Å². The Morgan fingerprint density at radius 1 is 1.14 bits per heavy atom. The lowest BCUT2D eigenvalue weighted by atomic mass is 10.0. The van der Waals surface area contributed by atoms with E-state index in [0.29, 0.717) is 23.2 Å². The van der Waals surface area contributed by atoms with Crippen LogP contribution in [0.2, 0.25) is 0 Å². The van der Waals surface area contributed by atoms with Crippen LogP contribution < -0.4 is 15.8 Å². The normalized spacial score (nSPS) is 21.9. The van der Waals surface area contributed by atoms with Crippen molar-refractivity contribution in [1.82, 2.24) is 13.7 Å². The molecule has 0 amide bonds. The molecule has 0 bridgehead atoms. The Kier molecular flexibility index (Phi) is 6.34. The first-order valence-corrected chi connectivity index (χ1v) is 15.1. The minimum atomic E-state index is -3.83. The molecule has 9 nitrogen and oxygen atoms in total. The third kappa shape index (κ3) is 4.62. The summed E-state index contributed by atoms with van der Waals surface area (Å²) in [4.78, 5) is 4.50. The van der Waals surface area contributed by atoms with Gasteiger partial charge in [0.25, 0.3) is 10.0 Å². The van der Waals surface area contributed by atoms with E-state index in [1.165, 1.54) is 12.4 Å². The predicted molar refractivity (Wildman–Crippen MR) is 141 cm³/mol. The number of anilines is 2. The van der Waals surface area contributed by atoms with E-state index in [9.17, 15) is 16.8 Å². The molecule has 2 fully saturated rings. The quantitative estimate of drug-likeness (QED) is 0.404. The number of aryl methyl sites for hydroxylation is 1. The molecule has 2 heterocycles. The van der Waals surface area contributed by atoms with E-state index in [0.717, 1.165) is 40.8 Å². The van der Waals surface area contributed by atoms with Crippen LogP contribution in [-0.4, -0.2) is 37.1 Å². The molecule has 5 rings (SSSR count). The first-order valence-electron chi connectivity index (χ1n) is 12.1. The van der Waals surface area contributed by atoms with Crippen LogP contribution in [0.5, 0.6) is 0 Å². The standard InChI is InChI=1S/C25H31N5O4S2/c1-3-17-12-19(29-35(31,32)20-8-9-20)13-18(17)14-27-24-22-10-11-30(25(22)28-15-23(24)26)36(33,34)21-6-4-16(2)5-7-21/h4-7,10-11,14-15,17,19-20,29H,3,8-9,12-13,26H2,1-2H3,(H,27,28)/b18-14-/t17-,19?/m1/s1. The van der Waals surface area contributed by atoms with Gasteiger partial charge >= 0.3 is 0 Å². The molecule has 2 saturated carbocycles. The Morgan fingerprint density at radius 2 is 1.86 bits per heavy atom. The fourth-order valence-electron chi connectivity index (χ4n) is 4.85. The molecule has 0 saturated heterocycles. The number of rotatable bonds is 8. The average Bonchev–Trinajstić information content (AvgIpc) is 3.51. The van der Waals surface area contributed by atoms with Gasteiger partial charge in [0.1, 0.15) is 0 Å². The largest absolute Gasteiger partial charge is 0.396 e. The number of nitrogen functional groups attached to an aromatic ring is 1. The molecule has 2 aliphatic rings. The summed E-state index contributed by atoms with van der Waals surface area (Å²) in [5, 5.41) is 3.62. The molecule has 1 unspecified atom stereocenters. The number of benzene rings is 1. The van der Waals surface area contributed by atoms with Crippen LogP contribution in [0, 0.1) is 12.8 Å². The molecule has 0 radical (unpaired) electrons. The van der Waals surface area contributed by atoms with Gasteiger partial charge in [-0.25, -0.2) is 30.5 Å². The van der Waals surface area contributed by atoms with E-state index in [1.807, 2.05) is 13.1 Å². The molecular formula is C25H31N5O4S2. The highest BCUT2D eigenvalue weighted by molar-refractivity contribution is 7.90. The van der Waals surface area contributed by atoms with Crippen LogP contribution in [0.3, 0.4) is 0 Å². The zero-order valence-corrected chi connectivity index (χ0v) is 21.9. The summed E-state index contributed by atoms with van der Waals surface area (Å²) in [7, 11) is -7.08. The predicted octanol–water partition coefficient (Wildman–Crippen LogP) is 3.73. The zero-order valence-electron chi connectivity index (χ0n) is 20.3. The lowest BCUT2D eigenvalue weighted by Crippen LogP contribution is -2.35. The number of nitrogens with two attached hydrogens (primary N) is 1. The second-order valence-corrected chi connectivity index (χ2v) is 13.5. The summed E-state index contributed by atoms with van der Waals surface area (Å²) >= 11 is 0. The molecule has 1 aromatic carbocycles. The van der Waals surface area contributed by atoms with Crippen molar-refractivity contribution in [3.05, 3.63) is 60.1 Å². The molecule has 2 aliphatic carbocycles. The molecule has 4 N–H and O–H groups in total. The monoisotopic (exact) mass is 529 g/mol. The zero-order chi connectivity index (χ0) is 25.7. The van der Waals surface area contributed by atoms with Gasteiger partial charge in [-0.15, -0.1) is 0 Å². The fourth-order valence-corrected chi connectivity index (χ4v) is 7.75. The first kappa shape index (κ1) is 24.8. The van der Waals surface area contributed by atoms with Crippen LogP contribution >= 0.6 is 0 Å². The van der Waals surface area contributed by atoms with Crippen LogP contribution in [-0.2, 0) is 20.0 Å². The molecule has 0 aliphatic heterocycles. The molecule has 2 aromatic heterocycles. The Labute approximate surface area is 211 Å². The van der Waals surface area contributed by atoms with Crippen LogP contribution in [0.15, 0.2) is 59.4 Å². The van der Waals surface area contributed by atoms with Crippen molar-refractivity contribution < 1.29 is 16.8 Å². The van der Waals surface area contributed by atoms with Crippen molar-refractivity contribution in [3.8, 4) is 0 Å². The van der Waals surface area contributed by atoms with Crippen molar-refractivity contribution in [3.63, 3.8) is 0 Å². The fraction of sp³-hybridized carbons (Fsp3) is 0.400. The second kappa shape index (κ2) is 9.20. The van der Waals surface area contributed by atoms with E-state index in [1.54, 1.807) is 30.3 Å². The number of pyridine rings is 1. The van der Waals surface area contributed by atoms with Gasteiger partial charge in [0.15, 0.2) is 5.65 Å². The lowest BCUT2D eigenvalue weighted by molar-refractivity contribution is 0.521. The highest BCUT2D eigenvalue weighted by Gasteiger charge is 2.39. The Morgan fingerprint density at radius 3 is 2.53 bits per heavy atom. The van der Waals surface area contributed by atoms with Gasteiger partial charge in [0, 0.05) is 23.8 Å². The summed E-state index contributed by atoms with van der Waals surface area (Å²) in [6, 6.07) is 8.24. The van der Waals surface area contributed by atoms with Crippen molar-refractivity contribution in [1.29, 1.82) is 0 Å². The topological polar surface area (TPSA) is 136 Å². The van der Waals surface area contributed by atoms with E-state index in [2.05, 4.69) is 21.9 Å². The van der Waals surface area contributed by atoms with Gasteiger partial charge in [-0.05, 0) is 68.7 Å². The minimum absolute atomic E-state index is 0.121. The van der Waals surface area contributed by atoms with E-state index in [-0.39, 0.29) is 27.8 Å². The summed E-state index contributed by atoms with van der Waals surface area (Å²) in [6.45, 7) is 3.99. The number of hydrogen-bond donors (Lipinski definition) is 3. The van der Waals surface area contributed by atoms with Gasteiger partial charge in [0.2, 0.25) is 10.0 Å². The third-order valence-electron chi connectivity index (χ3n) is 7.05. The van der Waals surface area contributed by atoms with Gasteiger partial charge in [0.05, 0.1) is 27.7 Å². The van der Waals surface area contributed by atoms with Gasteiger partial charge in [-0.3, -0.25) is 0 Å². The molecule has 2 atom stereocenters. The average molecular weight is 530 g/mol. The lowest BCUT2D eigenvalue weighted by Gasteiger charge is -2.12. The van der Waals surface area contributed by atoms with E-state index in [4.69, 9.17) is 5.73 Å². The van der Waals surface area contributed by atoms with Crippen molar-refractivity contribution in [2.75, 3.05) is 11.1 Å². The summed E-state index contributed by atoms with van der Waals surface area (Å²) in [5.41, 5.74) is 9.55. The number of fused-ring (bicyclic) bond motifs is 1. The van der Waals surface area contributed by atoms with Crippen LogP contribution in [0.1, 0.15) is 44.6 Å². The smallest absolute Gasteiger partial charge is 0.269 e. The SMILES string of the molecule is CC[C@@H]1CC(NS(=O)(=O)C2CC2)C/C1=C/Nc1c(N)cnc2c1ccn2S(=O)(=O)c1ccc(C)cc1. The van der Waals surface area contributed by atoms with Crippen LogP contribution in [0.25, 0.3) is 11.0 Å². The van der Waals surface area contributed by atoms with Gasteiger partial charge < -0.3 is 11.1 Å². The second-order valence-electron chi connectivity index (χ2n) is 9.72. The molecule has 36 heavy (non-hydrogen) atoms. The summed E-state index contributed by atoms with van der Waals surface area (Å²) in [5.74, 6) is 0.245. The van der Waals surface area contributed by atoms with Crippen molar-refractivity contribution in [2.45, 2.75) is 62.1 Å². The maximum absolute atomic E-state index is 13.3. The number of hydrogen-bond acceptors (Lipinski definition) is 7. The third-order valence-corrected chi connectivity index (χ3v) is 10.7. The molecular weight excluding hydrogens is 498 g/mol. The summed E-state index contributed by atoms with van der Waals surface area (Å²) in [6.07, 6.45) is 8.55. The van der Waals surface area contributed by atoms with E-state index < -0.39 is 20.0 Å². The Balaban J connectivity index is 1.43. The number of sulfonamides is 1. The summed E-state index contributed by atoms with van der Waals surface area (Å²) < 4.78 is 55.4. The number of nitrogens with zero attached hydrogens (tertiary/aromatic N) is 2. The molecule has 0 spiro atoms. The highest BCUT2D eigenvalue weighted by Crippen LogP contribution is 2.37. The van der Waals surface area contributed by atoms with Gasteiger partial charge in [-0.1, -0.05) is 24.6 Å². The van der Waals surface area contributed by atoms with Gasteiger partial charge in [-0.2, -0.15) is 0 Å². The number of nitrogens with one attached hydrogen (secondary N) is 2. The highest BCUT2D eigenvalue weighted by atomic mass is 32.2. The van der Waals surface area contributed by atoms with Crippen molar-refractivity contribution >= 4 is 42.5 Å². The number of aromatic nitrogens is 2. The molecule has 192 valence electrons. The maximum atomic E-state index is 13.3. The minimum Gasteiger partial charge on any atom is -0.396 e.